The van der Waals surface area contributed by atoms with Crippen LogP contribution in [0, 0.1) is 0 Å². The summed E-state index contributed by atoms with van der Waals surface area (Å²) in [5.41, 5.74) is 1.05. The Hall–Kier alpha value is -0.800. The first kappa shape index (κ1) is 12.7. The molecule has 0 bridgehead atoms. The molecule has 1 N–H and O–H groups in total. The van der Waals surface area contributed by atoms with Crippen LogP contribution in [-0.2, 0) is 0 Å². The van der Waals surface area contributed by atoms with Gasteiger partial charge in [0.1, 0.15) is 6.10 Å². The van der Waals surface area contributed by atoms with E-state index in [4.69, 9.17) is 34.8 Å². The van der Waals surface area contributed by atoms with Crippen LogP contribution in [0.4, 0.5) is 0 Å². The van der Waals surface area contributed by atoms with Gasteiger partial charge >= 0.3 is 0 Å². The summed E-state index contributed by atoms with van der Waals surface area (Å²) < 4.78 is 0. The van der Waals surface area contributed by atoms with Crippen molar-refractivity contribution in [2.45, 2.75) is 6.10 Å². The first-order chi connectivity index (χ1) is 8.08. The fourth-order valence-corrected chi connectivity index (χ4v) is 2.04. The molecule has 0 radical (unpaired) electrons. The predicted octanol–water partition coefficient (Wildman–Crippen LogP) is 4.12. The maximum atomic E-state index is 10.1. The lowest BCUT2D eigenvalue weighted by Gasteiger charge is -2.12. The minimum atomic E-state index is -0.892. The van der Waals surface area contributed by atoms with Crippen LogP contribution in [0.25, 0.3) is 0 Å². The summed E-state index contributed by atoms with van der Waals surface area (Å²) in [4.78, 5) is 4.03. The zero-order chi connectivity index (χ0) is 12.4. The molecule has 0 amide bonds. The van der Waals surface area contributed by atoms with E-state index in [9.17, 15) is 5.11 Å². The smallest absolute Gasteiger partial charge is 0.122 e. The third-order valence-corrected chi connectivity index (χ3v) is 3.04. The number of nitrogens with zero attached hydrogens (tertiary/aromatic N) is 1. The maximum absolute atomic E-state index is 10.1. The number of hydrogen-bond donors (Lipinski definition) is 1. The molecule has 0 spiro atoms. The van der Waals surface area contributed by atoms with Gasteiger partial charge in [0, 0.05) is 11.2 Å². The van der Waals surface area contributed by atoms with E-state index >= 15 is 0 Å². The molecule has 0 aliphatic heterocycles. The Kier molecular flexibility index (Phi) is 3.89. The molecule has 1 heterocycles. The second kappa shape index (κ2) is 5.23. The van der Waals surface area contributed by atoms with Gasteiger partial charge in [-0.05, 0) is 23.8 Å². The van der Waals surface area contributed by atoms with Gasteiger partial charge in [0.2, 0.25) is 0 Å². The fourth-order valence-electron chi connectivity index (χ4n) is 1.43. The zero-order valence-corrected chi connectivity index (χ0v) is 10.8. The van der Waals surface area contributed by atoms with E-state index in [1.165, 1.54) is 6.20 Å². The van der Waals surface area contributed by atoms with Crippen LogP contribution in [0.3, 0.4) is 0 Å². The number of aliphatic hydroxyl groups excluding tert-OH is 1. The normalized spacial score (nSPS) is 12.5. The van der Waals surface area contributed by atoms with Crippen LogP contribution in [0.1, 0.15) is 17.4 Å². The van der Waals surface area contributed by atoms with Crippen molar-refractivity contribution in [2.75, 3.05) is 0 Å². The second-order valence-electron chi connectivity index (χ2n) is 3.47. The highest BCUT2D eigenvalue weighted by molar-refractivity contribution is 6.34. The van der Waals surface area contributed by atoms with Gasteiger partial charge in [-0.15, -0.1) is 0 Å². The highest BCUT2D eigenvalue weighted by Gasteiger charge is 2.15. The van der Waals surface area contributed by atoms with Crippen molar-refractivity contribution in [1.82, 2.24) is 4.98 Å². The highest BCUT2D eigenvalue weighted by atomic mass is 35.5. The molecule has 1 aromatic heterocycles. The van der Waals surface area contributed by atoms with E-state index in [0.29, 0.717) is 26.3 Å². The molecule has 1 aromatic carbocycles. The van der Waals surface area contributed by atoms with Gasteiger partial charge in [0.15, 0.2) is 0 Å². The van der Waals surface area contributed by atoms with E-state index in [-0.39, 0.29) is 0 Å². The molecule has 5 heteroatoms. The molecule has 0 saturated heterocycles. The average Bonchev–Trinajstić information content (AvgIpc) is 2.29. The summed E-state index contributed by atoms with van der Waals surface area (Å²) in [6.07, 6.45) is 0.555. The van der Waals surface area contributed by atoms with Crippen LogP contribution in [0.5, 0.6) is 0 Å². The van der Waals surface area contributed by atoms with Gasteiger partial charge < -0.3 is 5.11 Å². The van der Waals surface area contributed by atoms with Crippen LogP contribution < -0.4 is 0 Å². The number of rotatable bonds is 2. The standard InChI is InChI=1S/C12H8Cl3NO/c13-8-3-1-7(2-4-8)12(17)11-10(15)5-9(14)6-16-11/h1-6,12,17H. The van der Waals surface area contributed by atoms with E-state index < -0.39 is 6.10 Å². The third-order valence-electron chi connectivity index (χ3n) is 2.28. The van der Waals surface area contributed by atoms with Crippen molar-refractivity contribution in [3.8, 4) is 0 Å². The third kappa shape index (κ3) is 2.90. The number of halogens is 3. The Balaban J connectivity index is 2.36. The SMILES string of the molecule is OC(c1ccc(Cl)cc1)c1ncc(Cl)cc1Cl. The summed E-state index contributed by atoms with van der Waals surface area (Å²) in [5, 5.41) is 11.5. The minimum Gasteiger partial charge on any atom is -0.382 e. The minimum absolute atomic E-state index is 0.333. The first-order valence-corrected chi connectivity index (χ1v) is 5.96. The summed E-state index contributed by atoms with van der Waals surface area (Å²) in [6.45, 7) is 0. The lowest BCUT2D eigenvalue weighted by molar-refractivity contribution is 0.215. The molecule has 0 aliphatic rings. The van der Waals surface area contributed by atoms with Gasteiger partial charge in [-0.25, -0.2) is 0 Å². The van der Waals surface area contributed by atoms with Crippen LogP contribution in [0.2, 0.25) is 15.1 Å². The number of pyridine rings is 1. The maximum Gasteiger partial charge on any atom is 0.122 e. The van der Waals surface area contributed by atoms with Crippen molar-refractivity contribution in [3.05, 3.63) is 62.9 Å². The van der Waals surface area contributed by atoms with Gasteiger partial charge in [-0.1, -0.05) is 46.9 Å². The molecule has 0 fully saturated rings. The molecule has 2 aromatic rings. The number of aromatic nitrogens is 1. The first-order valence-electron chi connectivity index (χ1n) is 4.82. The quantitative estimate of drug-likeness (QED) is 0.901. The van der Waals surface area contributed by atoms with E-state index in [1.54, 1.807) is 30.3 Å². The second-order valence-corrected chi connectivity index (χ2v) is 4.75. The average molecular weight is 289 g/mol. The number of benzene rings is 1. The molecule has 17 heavy (non-hydrogen) atoms. The zero-order valence-electron chi connectivity index (χ0n) is 8.57. The lowest BCUT2D eigenvalue weighted by atomic mass is 10.1. The van der Waals surface area contributed by atoms with Crippen molar-refractivity contribution < 1.29 is 5.11 Å². The molecular weight excluding hydrogens is 280 g/mol. The summed E-state index contributed by atoms with van der Waals surface area (Å²) >= 11 is 17.5. The highest BCUT2D eigenvalue weighted by Crippen LogP contribution is 2.28. The van der Waals surface area contributed by atoms with Crippen molar-refractivity contribution in [3.63, 3.8) is 0 Å². The predicted molar refractivity (Wildman–Crippen MR) is 69.8 cm³/mol. The molecule has 1 atom stereocenters. The van der Waals surface area contributed by atoms with Gasteiger partial charge in [-0.3, -0.25) is 4.98 Å². The topological polar surface area (TPSA) is 33.1 Å². The molecule has 88 valence electrons. The van der Waals surface area contributed by atoms with E-state index in [2.05, 4.69) is 4.98 Å². The fraction of sp³-hybridized carbons (Fsp3) is 0.0833. The van der Waals surface area contributed by atoms with E-state index in [0.717, 1.165) is 0 Å². The largest absolute Gasteiger partial charge is 0.382 e. The summed E-state index contributed by atoms with van der Waals surface area (Å²) in [7, 11) is 0. The number of hydrogen-bond acceptors (Lipinski definition) is 2. The molecule has 0 aliphatic carbocycles. The molecular formula is C12H8Cl3NO. The Morgan fingerprint density at radius 2 is 1.65 bits per heavy atom. The Morgan fingerprint density at radius 1 is 1.00 bits per heavy atom. The monoisotopic (exact) mass is 287 g/mol. The Bertz CT molecular complexity index is 528. The van der Waals surface area contributed by atoms with Crippen LogP contribution >= 0.6 is 34.8 Å². The summed E-state index contributed by atoms with van der Waals surface area (Å²) in [6, 6.07) is 8.39. The molecule has 1 unspecified atom stereocenters. The van der Waals surface area contributed by atoms with Crippen molar-refractivity contribution in [2.24, 2.45) is 0 Å². The molecule has 0 saturated carbocycles. The summed E-state index contributed by atoms with van der Waals surface area (Å²) in [5.74, 6) is 0. The Morgan fingerprint density at radius 3 is 2.24 bits per heavy atom. The van der Waals surface area contributed by atoms with Gasteiger partial charge in [0.25, 0.3) is 0 Å². The van der Waals surface area contributed by atoms with Gasteiger partial charge in [0.05, 0.1) is 15.7 Å². The molecule has 2 nitrogen and oxygen atoms in total. The van der Waals surface area contributed by atoms with Crippen LogP contribution in [0.15, 0.2) is 36.5 Å². The van der Waals surface area contributed by atoms with E-state index in [1.807, 2.05) is 0 Å². The number of aliphatic hydroxyl groups is 1. The van der Waals surface area contributed by atoms with Gasteiger partial charge in [-0.2, -0.15) is 0 Å². The lowest BCUT2D eigenvalue weighted by Crippen LogP contribution is -2.03. The van der Waals surface area contributed by atoms with Crippen molar-refractivity contribution in [1.29, 1.82) is 0 Å². The molecule has 2 rings (SSSR count). The Labute approximate surface area is 114 Å². The van der Waals surface area contributed by atoms with Crippen molar-refractivity contribution >= 4 is 34.8 Å². The van der Waals surface area contributed by atoms with Crippen LogP contribution in [-0.4, -0.2) is 10.1 Å².